The van der Waals surface area contributed by atoms with Crippen LogP contribution in [0.5, 0.6) is 17.2 Å². The van der Waals surface area contributed by atoms with Gasteiger partial charge in [0.2, 0.25) is 0 Å². The number of carbonyl (C=O) groups is 4. The van der Waals surface area contributed by atoms with Gasteiger partial charge in [0.05, 0.1) is 51.8 Å². The molecule has 7 aromatic rings. The number of fused-ring (bicyclic) bond motifs is 2. The molecule has 0 saturated carbocycles. The van der Waals surface area contributed by atoms with Gasteiger partial charge in [0, 0.05) is 66.2 Å². The number of hydrogen-bond acceptors (Lipinski definition) is 14. The van der Waals surface area contributed by atoms with E-state index < -0.39 is 46.6 Å². The van der Waals surface area contributed by atoms with Crippen molar-refractivity contribution in [3.63, 3.8) is 0 Å². The number of alkyl halides is 3. The van der Waals surface area contributed by atoms with Crippen LogP contribution in [0, 0.1) is 37.1 Å². The van der Waals surface area contributed by atoms with E-state index in [0.29, 0.717) is 27.1 Å². The van der Waals surface area contributed by atoms with Gasteiger partial charge in [-0.25, -0.2) is 46.9 Å². The molecule has 0 aliphatic heterocycles. The standard InChI is InChI=1S/C18H15ClF2N2O3.C11H11ClN2O3.C7H5BrF2.C6H9ClO3.C5H5ClN2O.CH3I.4HI.2V/c1-3-25-18(24)16-10(2)22-17-15(7-11(19)8-23(16)17)26-9-12-13(20)5-4-6-14(12)21;1-3-17-11(16)9-6(2)13-10-8(15)4-7(12)5-14(9)10;8-4-5-6(9)2-1-3-7(5)10;1-3-10-6(9)5(7)4(2)8;6-3-1-4(9)5(7)8-2-3;1-2;;;;;;/h4-8H,3,9H2,1-2H3;4-5,15H,3H2,1-2H3;1-3H,4H2;5H,3H2,1-2H3;1-2,9H,(H2,7,8);1H3;4*1H;;/q;;;;;;;;;;;+3/p-3. The minimum Gasteiger partial charge on any atom is 0 e. The number of nitrogen functional groups attached to an aromatic ring is 1. The van der Waals surface area contributed by atoms with Gasteiger partial charge in [-0.05, 0) is 70.7 Å². The van der Waals surface area contributed by atoms with E-state index in [1.165, 1.54) is 76.8 Å². The van der Waals surface area contributed by atoms with Gasteiger partial charge in [-0.15, -0.1) is 35.6 Å². The van der Waals surface area contributed by atoms with Gasteiger partial charge in [0.15, 0.2) is 56.9 Å². The molecule has 1 radical (unpaired) electrons. The largest absolute Gasteiger partial charge is 0 e. The molecule has 0 aliphatic rings. The summed E-state index contributed by atoms with van der Waals surface area (Å²) in [4.78, 5) is 58.6. The predicted molar refractivity (Wildman–Crippen MR) is 343 cm³/mol. The van der Waals surface area contributed by atoms with E-state index in [-0.39, 0.29) is 141 Å². The molecular formula is C48H49BrCl4F4I5N6O10V2. The number of aromatic nitrogens is 5. The number of ketones is 1. The molecule has 7 rings (SSSR count). The van der Waals surface area contributed by atoms with Crippen LogP contribution >= 0.6 is 169 Å². The Kier molecular flexibility index (Phi) is 42.5. The molecule has 0 bridgehead atoms. The number of aromatic hydroxyl groups is 2. The molecule has 0 aliphatic carbocycles. The maximum atomic E-state index is 13.8. The van der Waals surface area contributed by atoms with Crippen molar-refractivity contribution in [3.05, 3.63) is 145 Å². The number of benzene rings is 2. The van der Waals surface area contributed by atoms with E-state index in [2.05, 4.69) is 118 Å². The van der Waals surface area contributed by atoms with Crippen molar-refractivity contribution in [2.75, 3.05) is 30.5 Å². The summed E-state index contributed by atoms with van der Waals surface area (Å²) in [6.07, 6.45) is 4.39. The molecule has 0 amide bonds. The summed E-state index contributed by atoms with van der Waals surface area (Å²) in [7, 11) is 0. The summed E-state index contributed by atoms with van der Waals surface area (Å²) in [6.45, 7) is 10.0. The number of carbonyl (C=O) groups excluding carboxylic acids is 4. The van der Waals surface area contributed by atoms with Crippen molar-refractivity contribution in [1.29, 1.82) is 0 Å². The molecule has 0 spiro atoms. The molecule has 1 atom stereocenters. The Labute approximate surface area is 567 Å². The number of esters is 3. The molecule has 2 aromatic carbocycles. The second kappa shape index (κ2) is 42.3. The topological polar surface area (TPSA) is 219 Å². The SMILES string of the molecule is CCOC(=O)C(Cl)C(C)=O.CCOC(=O)c1c(C)nc2c(O)cc(Cl)cn12.CCOC(=O)c1c(C)nc2c(OCc3c(F)cccc3F)cc(Cl)cn12.CI.Fc1cccc(F)c1CBr.I.Nc1ncc(Cl)cc1O.[I][V]([I])[I].[V]. The van der Waals surface area contributed by atoms with Gasteiger partial charge in [-0.2, -0.15) is 0 Å². The molecule has 4 N–H and O–H groups in total. The zero-order chi connectivity index (χ0) is 59.6. The Bertz CT molecular complexity index is 3090. The van der Waals surface area contributed by atoms with E-state index >= 15 is 0 Å². The fourth-order valence-corrected chi connectivity index (χ4v) is 6.85. The Morgan fingerprint density at radius 3 is 1.51 bits per heavy atom. The second-order valence-electron chi connectivity index (χ2n) is 14.3. The molecule has 439 valence electrons. The third kappa shape index (κ3) is 26.8. The summed E-state index contributed by atoms with van der Waals surface area (Å²) in [5.74, 6) is -4.39. The number of halogens is 14. The molecule has 5 aromatic heterocycles. The first kappa shape index (κ1) is 80.5. The van der Waals surface area contributed by atoms with Crippen molar-refractivity contribution < 1.29 is 89.4 Å². The van der Waals surface area contributed by atoms with E-state index in [1.807, 2.05) is 4.93 Å². The van der Waals surface area contributed by atoms with E-state index in [0.717, 1.165) is 12.1 Å². The number of pyridine rings is 3. The Morgan fingerprint density at radius 2 is 1.12 bits per heavy atom. The Balaban J connectivity index is 0. The average molecular weight is 1900 g/mol. The first-order valence-electron chi connectivity index (χ1n) is 21.7. The summed E-state index contributed by atoms with van der Waals surface area (Å²) >= 11 is 35.2. The van der Waals surface area contributed by atoms with E-state index in [1.54, 1.807) is 34.6 Å². The average Bonchev–Trinajstić information content (AvgIpc) is 3.89. The smallest absolute Gasteiger partial charge is 0 e. The number of imidazole rings is 2. The van der Waals surface area contributed by atoms with Crippen LogP contribution in [0.4, 0.5) is 23.4 Å². The maximum absolute atomic E-state index is 13.8. The number of hydrogen-bond donors (Lipinski definition) is 3. The van der Waals surface area contributed by atoms with Crippen molar-refractivity contribution in [2.24, 2.45) is 0 Å². The first-order valence-corrected chi connectivity index (χ1v) is 40.1. The molecule has 5 heterocycles. The number of Topliss-reactive ketones (excluding diaryl/α,β-unsaturated/α-hetero) is 1. The van der Waals surface area contributed by atoms with Crippen molar-refractivity contribution in [3.8, 4) is 17.2 Å². The number of nitrogens with zero attached hydrogens (tertiary/aromatic N) is 5. The van der Waals surface area contributed by atoms with Crippen molar-refractivity contribution in [1.82, 2.24) is 23.8 Å². The predicted octanol–water partition coefficient (Wildman–Crippen LogP) is 15.5. The summed E-state index contributed by atoms with van der Waals surface area (Å²) in [5, 5.41) is 18.5. The zero-order valence-corrected chi connectivity index (χ0v) is 61.1. The Hall–Kier alpha value is -1.57. The van der Waals surface area contributed by atoms with Crippen LogP contribution in [0.3, 0.4) is 0 Å². The molecule has 80 heavy (non-hydrogen) atoms. The quantitative estimate of drug-likeness (QED) is 0.0274. The minimum absolute atomic E-state index is 0. The monoisotopic (exact) mass is 1900 g/mol. The van der Waals surface area contributed by atoms with Crippen LogP contribution in [0.15, 0.2) is 73.2 Å². The van der Waals surface area contributed by atoms with Gasteiger partial charge in [-0.3, -0.25) is 13.6 Å². The molecule has 1 unspecified atom stereocenters. The van der Waals surface area contributed by atoms with Crippen LogP contribution in [-0.4, -0.2) is 87.8 Å². The minimum atomic E-state index is -1.14. The zero-order valence-electron chi connectivity index (χ0n) is 42.7. The number of aryl methyl sites for hydroxylation is 2. The number of anilines is 1. The summed E-state index contributed by atoms with van der Waals surface area (Å²) < 4.78 is 75.6. The third-order valence-electron chi connectivity index (χ3n) is 8.95. The fraction of sp³-hybridized carbons (Fsp3) is 0.271. The Morgan fingerprint density at radius 1 is 0.725 bits per heavy atom. The van der Waals surface area contributed by atoms with E-state index in [4.69, 9.17) is 71.5 Å². The van der Waals surface area contributed by atoms with Gasteiger partial charge >= 0.3 is 82.8 Å². The van der Waals surface area contributed by atoms with Crippen molar-refractivity contribution >= 4 is 210 Å². The number of rotatable bonds is 11. The van der Waals surface area contributed by atoms with Gasteiger partial charge in [-0.1, -0.05) is 85.5 Å². The van der Waals surface area contributed by atoms with Gasteiger partial charge < -0.3 is 34.9 Å². The molecular weight excluding hydrogens is 1850 g/mol. The first-order chi connectivity index (χ1) is 36.7. The number of ether oxygens (including phenoxy) is 4. The summed E-state index contributed by atoms with van der Waals surface area (Å²) in [5.41, 5.74) is 7.03. The molecule has 16 nitrogen and oxygen atoms in total. The third-order valence-corrected chi connectivity index (χ3v) is 10.6. The second-order valence-corrected chi connectivity index (χ2v) is 52.0. The fourth-order valence-electron chi connectivity index (χ4n) is 5.70. The van der Waals surface area contributed by atoms with Crippen LogP contribution in [0.25, 0.3) is 11.3 Å². The van der Waals surface area contributed by atoms with Crippen LogP contribution in [0.2, 0.25) is 15.1 Å². The van der Waals surface area contributed by atoms with Crippen molar-refractivity contribution in [2.45, 2.75) is 58.9 Å². The van der Waals surface area contributed by atoms with E-state index in [9.17, 15) is 41.8 Å². The van der Waals surface area contributed by atoms with Gasteiger partial charge in [0.25, 0.3) is 0 Å². The molecule has 32 heteroatoms. The number of nitrogens with two attached hydrogens (primary N) is 1. The summed E-state index contributed by atoms with van der Waals surface area (Å²) in [6, 6.07) is 11.6. The normalized spacial score (nSPS) is 10.2. The van der Waals surface area contributed by atoms with Gasteiger partial charge in [0.1, 0.15) is 29.9 Å². The van der Waals surface area contributed by atoms with Crippen LogP contribution in [-0.2, 0) is 59.2 Å². The maximum Gasteiger partial charge on any atom is 0 e. The van der Waals surface area contributed by atoms with Crippen LogP contribution in [0.1, 0.15) is 71.2 Å². The molecule has 0 saturated heterocycles. The van der Waals surface area contributed by atoms with Crippen LogP contribution < -0.4 is 10.5 Å². The molecule has 0 fully saturated rings.